The maximum Gasteiger partial charge on any atom is 0.0596 e. The standard InChI is InChI=1S/C14H18BrN3/c1-10-7-13(18(3)17-10)9-14(16-2)11-5-4-6-12(15)8-11/h4-8,14,16H,9H2,1-3H3. The van der Waals surface area contributed by atoms with Crippen LogP contribution in [0.3, 0.4) is 0 Å². The Bertz CT molecular complexity index is 534. The summed E-state index contributed by atoms with van der Waals surface area (Å²) in [5.41, 5.74) is 3.59. The molecule has 2 rings (SSSR count). The molecule has 0 fully saturated rings. The monoisotopic (exact) mass is 307 g/mol. The van der Waals surface area contributed by atoms with Crippen LogP contribution in [0.4, 0.5) is 0 Å². The molecule has 96 valence electrons. The van der Waals surface area contributed by atoms with Crippen molar-refractivity contribution in [2.24, 2.45) is 7.05 Å². The lowest BCUT2D eigenvalue weighted by Gasteiger charge is -2.17. The first-order chi connectivity index (χ1) is 8.60. The Kier molecular flexibility index (Phi) is 4.19. The Morgan fingerprint density at radius 2 is 2.17 bits per heavy atom. The molecule has 0 aliphatic heterocycles. The van der Waals surface area contributed by atoms with Crippen LogP contribution >= 0.6 is 15.9 Å². The third-order valence-electron chi connectivity index (χ3n) is 3.11. The Hall–Kier alpha value is -1.13. The molecule has 0 amide bonds. The number of benzene rings is 1. The van der Waals surface area contributed by atoms with Crippen molar-refractivity contribution in [1.82, 2.24) is 15.1 Å². The molecule has 0 aliphatic rings. The molecular formula is C14H18BrN3. The van der Waals surface area contributed by atoms with Gasteiger partial charge in [0.2, 0.25) is 0 Å². The summed E-state index contributed by atoms with van der Waals surface area (Å²) < 4.78 is 3.07. The Balaban J connectivity index is 2.22. The fraction of sp³-hybridized carbons (Fsp3) is 0.357. The van der Waals surface area contributed by atoms with E-state index in [9.17, 15) is 0 Å². The molecule has 3 nitrogen and oxygen atoms in total. The van der Waals surface area contributed by atoms with E-state index in [0.717, 1.165) is 16.6 Å². The summed E-state index contributed by atoms with van der Waals surface area (Å²) >= 11 is 3.52. The highest BCUT2D eigenvalue weighted by Crippen LogP contribution is 2.21. The average Bonchev–Trinajstić information content (AvgIpc) is 2.64. The minimum Gasteiger partial charge on any atom is -0.313 e. The number of aryl methyl sites for hydroxylation is 2. The number of halogens is 1. The lowest BCUT2D eigenvalue weighted by atomic mass is 10.0. The predicted molar refractivity (Wildman–Crippen MR) is 77.6 cm³/mol. The molecule has 0 saturated heterocycles. The van der Waals surface area contributed by atoms with E-state index in [2.05, 4.69) is 50.6 Å². The SMILES string of the molecule is CNC(Cc1cc(C)nn1C)c1cccc(Br)c1. The summed E-state index contributed by atoms with van der Waals surface area (Å²) in [5, 5.41) is 7.76. The first-order valence-corrected chi connectivity index (χ1v) is 6.81. The Morgan fingerprint density at radius 3 is 2.72 bits per heavy atom. The molecule has 18 heavy (non-hydrogen) atoms. The van der Waals surface area contributed by atoms with Crippen LogP contribution in [-0.2, 0) is 13.5 Å². The van der Waals surface area contributed by atoms with E-state index in [-0.39, 0.29) is 0 Å². The normalized spacial score (nSPS) is 12.7. The van der Waals surface area contributed by atoms with Crippen molar-refractivity contribution in [3.8, 4) is 0 Å². The highest BCUT2D eigenvalue weighted by atomic mass is 79.9. The number of hydrogen-bond donors (Lipinski definition) is 1. The number of likely N-dealkylation sites (N-methyl/N-ethyl adjacent to an activating group) is 1. The van der Waals surface area contributed by atoms with Crippen LogP contribution < -0.4 is 5.32 Å². The Labute approximate surface area is 116 Å². The summed E-state index contributed by atoms with van der Waals surface area (Å²) in [6, 6.07) is 10.9. The molecule has 0 bridgehead atoms. The molecule has 1 aromatic heterocycles. The predicted octanol–water partition coefficient (Wildman–Crippen LogP) is 2.99. The molecular weight excluding hydrogens is 290 g/mol. The van der Waals surface area contributed by atoms with Crippen molar-refractivity contribution in [2.75, 3.05) is 7.05 Å². The number of nitrogens with zero attached hydrogens (tertiary/aromatic N) is 2. The average molecular weight is 308 g/mol. The fourth-order valence-electron chi connectivity index (χ4n) is 2.17. The summed E-state index contributed by atoms with van der Waals surface area (Å²) in [4.78, 5) is 0. The van der Waals surface area contributed by atoms with Gasteiger partial charge in [0, 0.05) is 29.7 Å². The number of nitrogens with one attached hydrogen (secondary N) is 1. The molecule has 2 aromatic rings. The van der Waals surface area contributed by atoms with Crippen LogP contribution in [-0.4, -0.2) is 16.8 Å². The first-order valence-electron chi connectivity index (χ1n) is 6.02. The van der Waals surface area contributed by atoms with Gasteiger partial charge >= 0.3 is 0 Å². The van der Waals surface area contributed by atoms with Crippen molar-refractivity contribution < 1.29 is 0 Å². The maximum absolute atomic E-state index is 4.39. The van der Waals surface area contributed by atoms with Crippen LogP contribution in [0, 0.1) is 6.92 Å². The van der Waals surface area contributed by atoms with Crippen LogP contribution in [0.2, 0.25) is 0 Å². The summed E-state index contributed by atoms with van der Waals surface area (Å²) in [7, 11) is 3.99. The van der Waals surface area contributed by atoms with Crippen LogP contribution in [0.25, 0.3) is 0 Å². The highest BCUT2D eigenvalue weighted by molar-refractivity contribution is 9.10. The topological polar surface area (TPSA) is 29.9 Å². The van der Waals surface area contributed by atoms with Gasteiger partial charge in [-0.25, -0.2) is 0 Å². The van der Waals surface area contributed by atoms with E-state index in [1.165, 1.54) is 11.3 Å². The van der Waals surface area contributed by atoms with E-state index in [4.69, 9.17) is 0 Å². The second-order valence-corrected chi connectivity index (χ2v) is 5.42. The number of hydrogen-bond acceptors (Lipinski definition) is 2. The van der Waals surface area contributed by atoms with Gasteiger partial charge in [-0.2, -0.15) is 5.10 Å². The lowest BCUT2D eigenvalue weighted by Crippen LogP contribution is -2.20. The minimum atomic E-state index is 0.303. The Morgan fingerprint density at radius 1 is 1.39 bits per heavy atom. The van der Waals surface area contributed by atoms with Gasteiger partial charge in [0.1, 0.15) is 0 Å². The van der Waals surface area contributed by atoms with Gasteiger partial charge in [-0.15, -0.1) is 0 Å². The van der Waals surface area contributed by atoms with Gasteiger partial charge in [-0.1, -0.05) is 28.1 Å². The molecule has 1 atom stereocenters. The zero-order chi connectivity index (χ0) is 13.1. The zero-order valence-corrected chi connectivity index (χ0v) is 12.5. The third kappa shape index (κ3) is 3.00. The van der Waals surface area contributed by atoms with Crippen molar-refractivity contribution >= 4 is 15.9 Å². The molecule has 1 unspecified atom stereocenters. The van der Waals surface area contributed by atoms with E-state index < -0.39 is 0 Å². The summed E-state index contributed by atoms with van der Waals surface area (Å²) in [5.74, 6) is 0. The number of aromatic nitrogens is 2. The van der Waals surface area contributed by atoms with E-state index in [1.54, 1.807) is 0 Å². The smallest absolute Gasteiger partial charge is 0.0596 e. The minimum absolute atomic E-state index is 0.303. The van der Waals surface area contributed by atoms with Crippen molar-refractivity contribution in [1.29, 1.82) is 0 Å². The lowest BCUT2D eigenvalue weighted by molar-refractivity contribution is 0.561. The molecule has 0 saturated carbocycles. The second kappa shape index (κ2) is 5.67. The van der Waals surface area contributed by atoms with Gasteiger partial charge in [0.25, 0.3) is 0 Å². The van der Waals surface area contributed by atoms with Crippen molar-refractivity contribution in [3.63, 3.8) is 0 Å². The molecule has 1 aromatic carbocycles. The molecule has 1 N–H and O–H groups in total. The van der Waals surface area contributed by atoms with Gasteiger partial charge in [-0.05, 0) is 37.7 Å². The molecule has 1 heterocycles. The largest absolute Gasteiger partial charge is 0.313 e. The zero-order valence-electron chi connectivity index (χ0n) is 10.9. The number of rotatable bonds is 4. The van der Waals surface area contributed by atoms with Crippen LogP contribution in [0.1, 0.15) is 23.0 Å². The van der Waals surface area contributed by atoms with E-state index >= 15 is 0 Å². The quantitative estimate of drug-likeness (QED) is 0.941. The molecule has 0 radical (unpaired) electrons. The van der Waals surface area contributed by atoms with E-state index in [1.807, 2.05) is 31.8 Å². The summed E-state index contributed by atoms with van der Waals surface area (Å²) in [6.45, 7) is 2.02. The molecule has 4 heteroatoms. The van der Waals surface area contributed by atoms with E-state index in [0.29, 0.717) is 6.04 Å². The summed E-state index contributed by atoms with van der Waals surface area (Å²) in [6.07, 6.45) is 0.935. The van der Waals surface area contributed by atoms with Gasteiger partial charge in [-0.3, -0.25) is 4.68 Å². The highest BCUT2D eigenvalue weighted by Gasteiger charge is 2.13. The maximum atomic E-state index is 4.39. The van der Waals surface area contributed by atoms with Gasteiger partial charge in [0.15, 0.2) is 0 Å². The van der Waals surface area contributed by atoms with Crippen molar-refractivity contribution in [2.45, 2.75) is 19.4 Å². The fourth-order valence-corrected chi connectivity index (χ4v) is 2.59. The van der Waals surface area contributed by atoms with Crippen LogP contribution in [0.5, 0.6) is 0 Å². The first kappa shape index (κ1) is 13.3. The molecule has 0 spiro atoms. The van der Waals surface area contributed by atoms with Gasteiger partial charge < -0.3 is 5.32 Å². The second-order valence-electron chi connectivity index (χ2n) is 4.50. The van der Waals surface area contributed by atoms with Gasteiger partial charge in [0.05, 0.1) is 5.69 Å². The molecule has 0 aliphatic carbocycles. The van der Waals surface area contributed by atoms with Crippen molar-refractivity contribution in [3.05, 3.63) is 51.8 Å². The van der Waals surface area contributed by atoms with Crippen LogP contribution in [0.15, 0.2) is 34.8 Å². The third-order valence-corrected chi connectivity index (χ3v) is 3.60.